The summed E-state index contributed by atoms with van der Waals surface area (Å²) in [5.74, 6) is -0.943. The molecule has 2 amide bonds. The van der Waals surface area contributed by atoms with Crippen molar-refractivity contribution < 1.29 is 14.3 Å². The number of rotatable bonds is 5. The van der Waals surface area contributed by atoms with E-state index in [4.69, 9.17) is 4.74 Å². The monoisotopic (exact) mass is 390 g/mol. The van der Waals surface area contributed by atoms with Gasteiger partial charge < -0.3 is 4.74 Å². The Morgan fingerprint density at radius 3 is 2.78 bits per heavy atom. The van der Waals surface area contributed by atoms with Crippen molar-refractivity contribution in [3.8, 4) is 0 Å². The number of nitrogens with zero attached hydrogens (tertiary/aromatic N) is 2. The molecule has 1 aliphatic carbocycles. The normalized spacial score (nSPS) is 13.5. The van der Waals surface area contributed by atoms with Gasteiger partial charge in [0.05, 0.1) is 18.0 Å². The van der Waals surface area contributed by atoms with Crippen LogP contribution < -0.4 is 16.4 Å². The van der Waals surface area contributed by atoms with E-state index in [1.54, 1.807) is 0 Å². The standard InChI is InChI=1S/C18H22N4O4S/c1-26-10-9-22-16(23)8-7-13(21-22)17(24)19-20-18(25)15-11-12-5-3-2-4-6-14(12)27-15/h7-8,11H,2-6,9-10H2,1H3,(H,19,24)(H,20,25). The molecule has 2 heterocycles. The van der Waals surface area contributed by atoms with Gasteiger partial charge in [-0.2, -0.15) is 5.10 Å². The highest BCUT2D eigenvalue weighted by molar-refractivity contribution is 7.14. The largest absolute Gasteiger partial charge is 0.383 e. The first kappa shape index (κ1) is 19.2. The van der Waals surface area contributed by atoms with Crippen LogP contribution >= 0.6 is 11.3 Å². The van der Waals surface area contributed by atoms with Crippen LogP contribution in [0.25, 0.3) is 0 Å². The Kier molecular flexibility index (Phi) is 6.36. The highest BCUT2D eigenvalue weighted by atomic mass is 32.1. The summed E-state index contributed by atoms with van der Waals surface area (Å²) in [5.41, 5.74) is 5.72. The molecule has 0 fully saturated rings. The first-order valence-corrected chi connectivity index (χ1v) is 9.69. The average molecular weight is 390 g/mol. The second-order valence-corrected chi connectivity index (χ2v) is 7.44. The molecule has 144 valence electrons. The van der Waals surface area contributed by atoms with Crippen LogP contribution in [-0.4, -0.2) is 35.3 Å². The molecule has 2 N–H and O–H groups in total. The van der Waals surface area contributed by atoms with Crippen molar-refractivity contribution >= 4 is 23.2 Å². The molecule has 0 saturated heterocycles. The summed E-state index contributed by atoms with van der Waals surface area (Å²) >= 11 is 1.48. The van der Waals surface area contributed by atoms with Crippen LogP contribution in [0.4, 0.5) is 0 Å². The lowest BCUT2D eigenvalue weighted by molar-refractivity contribution is 0.0844. The van der Waals surface area contributed by atoms with E-state index in [-0.39, 0.29) is 23.7 Å². The Labute approximate surface area is 160 Å². The number of ether oxygens (including phenoxy) is 1. The van der Waals surface area contributed by atoms with E-state index in [9.17, 15) is 14.4 Å². The summed E-state index contributed by atoms with van der Waals surface area (Å²) in [4.78, 5) is 38.1. The predicted octanol–water partition coefficient (Wildman–Crippen LogP) is 1.29. The quantitative estimate of drug-likeness (QED) is 0.592. The van der Waals surface area contributed by atoms with Gasteiger partial charge in [-0.25, -0.2) is 4.68 Å². The third-order valence-corrected chi connectivity index (χ3v) is 5.60. The zero-order valence-corrected chi connectivity index (χ0v) is 15.9. The van der Waals surface area contributed by atoms with Gasteiger partial charge >= 0.3 is 0 Å². The van der Waals surface area contributed by atoms with Crippen molar-refractivity contribution in [3.63, 3.8) is 0 Å². The molecule has 27 heavy (non-hydrogen) atoms. The van der Waals surface area contributed by atoms with Gasteiger partial charge in [-0.15, -0.1) is 11.3 Å². The lowest BCUT2D eigenvalue weighted by Gasteiger charge is -2.08. The van der Waals surface area contributed by atoms with E-state index < -0.39 is 5.91 Å². The fourth-order valence-corrected chi connectivity index (χ4v) is 4.08. The molecule has 3 rings (SSSR count). The third-order valence-electron chi connectivity index (χ3n) is 4.37. The van der Waals surface area contributed by atoms with Crippen LogP contribution in [0.15, 0.2) is 23.0 Å². The number of hydrazine groups is 1. The van der Waals surface area contributed by atoms with Crippen molar-refractivity contribution in [2.45, 2.75) is 38.6 Å². The van der Waals surface area contributed by atoms with E-state index in [0.29, 0.717) is 11.5 Å². The Morgan fingerprint density at radius 2 is 1.96 bits per heavy atom. The molecule has 1 aliphatic rings. The molecular weight excluding hydrogens is 368 g/mol. The number of nitrogens with one attached hydrogen (secondary N) is 2. The summed E-state index contributed by atoms with van der Waals surface area (Å²) < 4.78 is 6.06. The van der Waals surface area contributed by atoms with Gasteiger partial charge in [-0.3, -0.25) is 25.2 Å². The first-order chi connectivity index (χ1) is 13.1. The summed E-state index contributed by atoms with van der Waals surface area (Å²) in [6, 6.07) is 4.49. The lowest BCUT2D eigenvalue weighted by Crippen LogP contribution is -2.42. The summed E-state index contributed by atoms with van der Waals surface area (Å²) in [6.45, 7) is 0.543. The fourth-order valence-electron chi connectivity index (χ4n) is 2.93. The number of carbonyl (C=O) groups is 2. The zero-order chi connectivity index (χ0) is 19.2. The number of thiophene rings is 1. The average Bonchev–Trinajstić information content (AvgIpc) is 2.96. The van der Waals surface area contributed by atoms with E-state index in [1.165, 1.54) is 47.4 Å². The second-order valence-electron chi connectivity index (χ2n) is 6.30. The SMILES string of the molecule is COCCn1nc(C(=O)NNC(=O)c2cc3c(s2)CCCCC3)ccc1=O. The van der Waals surface area contributed by atoms with E-state index in [0.717, 1.165) is 30.4 Å². The Bertz CT molecular complexity index is 866. The van der Waals surface area contributed by atoms with Crippen molar-refractivity contribution in [1.29, 1.82) is 0 Å². The van der Waals surface area contributed by atoms with Gasteiger partial charge in [-0.1, -0.05) is 6.42 Å². The third kappa shape index (κ3) is 4.81. The van der Waals surface area contributed by atoms with Crippen molar-refractivity contribution in [2.75, 3.05) is 13.7 Å². The van der Waals surface area contributed by atoms with Crippen molar-refractivity contribution in [1.82, 2.24) is 20.6 Å². The minimum absolute atomic E-state index is 0.0352. The Balaban J connectivity index is 1.62. The van der Waals surface area contributed by atoms with E-state index in [1.807, 2.05) is 6.07 Å². The first-order valence-electron chi connectivity index (χ1n) is 8.88. The number of amides is 2. The molecule has 0 radical (unpaired) electrons. The van der Waals surface area contributed by atoms with Gasteiger partial charge in [0.1, 0.15) is 0 Å². The van der Waals surface area contributed by atoms with Crippen LogP contribution in [0, 0.1) is 0 Å². The number of carbonyl (C=O) groups excluding carboxylic acids is 2. The second kappa shape index (κ2) is 8.92. The maximum absolute atomic E-state index is 12.3. The molecule has 0 atom stereocenters. The van der Waals surface area contributed by atoms with Crippen LogP contribution in [0.2, 0.25) is 0 Å². The molecule has 2 aromatic rings. The minimum Gasteiger partial charge on any atom is -0.383 e. The maximum atomic E-state index is 12.3. The molecule has 0 saturated carbocycles. The molecule has 0 unspecified atom stereocenters. The van der Waals surface area contributed by atoms with Gasteiger partial charge in [0.25, 0.3) is 17.4 Å². The van der Waals surface area contributed by atoms with Crippen molar-refractivity contribution in [3.05, 3.63) is 49.6 Å². The fraction of sp³-hybridized carbons (Fsp3) is 0.444. The number of methoxy groups -OCH3 is 1. The molecule has 0 aliphatic heterocycles. The Morgan fingerprint density at radius 1 is 1.19 bits per heavy atom. The van der Waals surface area contributed by atoms with Crippen LogP contribution in [0.5, 0.6) is 0 Å². The zero-order valence-electron chi connectivity index (χ0n) is 15.1. The van der Waals surface area contributed by atoms with Gasteiger partial charge in [0.2, 0.25) is 0 Å². The van der Waals surface area contributed by atoms with Crippen LogP contribution in [0.3, 0.4) is 0 Å². The van der Waals surface area contributed by atoms with Crippen LogP contribution in [0.1, 0.15) is 49.9 Å². The molecular formula is C18H22N4O4S. The molecule has 8 nitrogen and oxygen atoms in total. The highest BCUT2D eigenvalue weighted by Crippen LogP contribution is 2.28. The molecule has 9 heteroatoms. The summed E-state index contributed by atoms with van der Waals surface area (Å²) in [5, 5.41) is 3.99. The summed E-state index contributed by atoms with van der Waals surface area (Å²) in [7, 11) is 1.52. The van der Waals surface area contributed by atoms with E-state index >= 15 is 0 Å². The minimum atomic E-state index is -0.590. The number of aryl methyl sites for hydroxylation is 2. The smallest absolute Gasteiger partial charge is 0.290 e. The molecule has 0 bridgehead atoms. The number of fused-ring (bicyclic) bond motifs is 1. The lowest BCUT2D eigenvalue weighted by atomic mass is 10.1. The number of hydrogen-bond acceptors (Lipinski definition) is 6. The van der Waals surface area contributed by atoms with Crippen molar-refractivity contribution in [2.24, 2.45) is 0 Å². The van der Waals surface area contributed by atoms with E-state index in [2.05, 4.69) is 16.0 Å². The number of hydrogen-bond donors (Lipinski definition) is 2. The van der Waals surface area contributed by atoms with Gasteiger partial charge in [0, 0.05) is 18.1 Å². The molecule has 0 aromatic carbocycles. The predicted molar refractivity (Wildman–Crippen MR) is 101 cm³/mol. The summed E-state index contributed by atoms with van der Waals surface area (Å²) in [6.07, 6.45) is 5.52. The van der Waals surface area contributed by atoms with Crippen LogP contribution in [-0.2, 0) is 24.1 Å². The molecule has 0 spiro atoms. The number of aromatic nitrogens is 2. The maximum Gasteiger partial charge on any atom is 0.290 e. The Hall–Kier alpha value is -2.52. The van der Waals surface area contributed by atoms with Gasteiger partial charge in [-0.05, 0) is 43.4 Å². The highest BCUT2D eigenvalue weighted by Gasteiger charge is 2.17. The van der Waals surface area contributed by atoms with Gasteiger partial charge in [0.15, 0.2) is 5.69 Å². The topological polar surface area (TPSA) is 102 Å². The molecule has 2 aromatic heterocycles.